The number of rotatable bonds is 6. The monoisotopic (exact) mass is 402 g/mol. The molecule has 5 heteroatoms. The average Bonchev–Trinajstić information content (AvgIpc) is 3.53. The lowest BCUT2D eigenvalue weighted by Crippen LogP contribution is -2.30. The van der Waals surface area contributed by atoms with Gasteiger partial charge in [-0.15, -0.1) is 0 Å². The topological polar surface area (TPSA) is 60.3 Å². The summed E-state index contributed by atoms with van der Waals surface area (Å²) in [5.41, 5.74) is 5.09. The van der Waals surface area contributed by atoms with Gasteiger partial charge in [-0.2, -0.15) is 0 Å². The van der Waals surface area contributed by atoms with E-state index in [1.807, 2.05) is 74.5 Å². The number of nitrogens with zero attached hydrogens (tertiary/aromatic N) is 1. The molecule has 5 nitrogen and oxygen atoms in total. The fraction of sp³-hybridized carbons (Fsp3) is 0.280. The van der Waals surface area contributed by atoms with Crippen molar-refractivity contribution in [2.24, 2.45) is 0 Å². The second-order valence-electron chi connectivity index (χ2n) is 7.83. The highest BCUT2D eigenvalue weighted by molar-refractivity contribution is 6.00. The number of nitrogens with one attached hydrogen (secondary N) is 1. The quantitative estimate of drug-likeness (QED) is 0.570. The molecule has 3 aromatic rings. The van der Waals surface area contributed by atoms with Gasteiger partial charge in [-0.25, -0.2) is 4.79 Å². The van der Waals surface area contributed by atoms with Gasteiger partial charge in [0.1, 0.15) is 0 Å². The first-order chi connectivity index (χ1) is 14.5. The Morgan fingerprint density at radius 2 is 1.70 bits per heavy atom. The highest BCUT2D eigenvalue weighted by atomic mass is 16.5. The highest BCUT2D eigenvalue weighted by Crippen LogP contribution is 2.38. The third-order valence-electron chi connectivity index (χ3n) is 5.54. The number of hydrogen-bond acceptors (Lipinski definition) is 3. The van der Waals surface area contributed by atoms with Crippen molar-refractivity contribution < 1.29 is 14.3 Å². The van der Waals surface area contributed by atoms with Crippen molar-refractivity contribution >= 4 is 17.6 Å². The molecular weight excluding hydrogens is 376 g/mol. The Kier molecular flexibility index (Phi) is 5.44. The standard InChI is InChI=1S/C25H26N2O3/c1-16-15-22(17(2)27(16)20-13-14-20)25(29)30-18(3)24(28)26-23-12-8-7-11-21(23)19-9-5-4-6-10-19/h4-12,15,18,20H,13-14H2,1-3H3,(H,26,28)/t18-/m0/s1. The van der Waals surface area contributed by atoms with Crippen LogP contribution in [0.25, 0.3) is 11.1 Å². The van der Waals surface area contributed by atoms with Gasteiger partial charge in [0.25, 0.3) is 5.91 Å². The van der Waals surface area contributed by atoms with Crippen molar-refractivity contribution in [1.29, 1.82) is 0 Å². The van der Waals surface area contributed by atoms with Crippen molar-refractivity contribution in [3.05, 3.63) is 77.6 Å². The number of esters is 1. The summed E-state index contributed by atoms with van der Waals surface area (Å²) in [7, 11) is 0. The van der Waals surface area contributed by atoms with Gasteiger partial charge in [0.15, 0.2) is 6.10 Å². The molecule has 1 aromatic heterocycles. The van der Waals surface area contributed by atoms with E-state index in [0.29, 0.717) is 17.3 Å². The zero-order valence-corrected chi connectivity index (χ0v) is 17.5. The molecule has 0 spiro atoms. The Bertz CT molecular complexity index is 1080. The molecule has 30 heavy (non-hydrogen) atoms. The minimum atomic E-state index is -0.912. The summed E-state index contributed by atoms with van der Waals surface area (Å²) in [4.78, 5) is 25.5. The first kappa shape index (κ1) is 20.0. The summed E-state index contributed by atoms with van der Waals surface area (Å²) in [5, 5.41) is 2.90. The van der Waals surface area contributed by atoms with Gasteiger partial charge in [0.05, 0.1) is 5.56 Å². The number of para-hydroxylation sites is 1. The zero-order valence-electron chi connectivity index (χ0n) is 17.5. The van der Waals surface area contributed by atoms with Crippen molar-refractivity contribution in [2.75, 3.05) is 5.32 Å². The van der Waals surface area contributed by atoms with Crippen molar-refractivity contribution in [3.8, 4) is 11.1 Å². The number of carbonyl (C=O) groups is 2. The zero-order chi connectivity index (χ0) is 21.3. The minimum Gasteiger partial charge on any atom is -0.449 e. The van der Waals surface area contributed by atoms with E-state index in [4.69, 9.17) is 4.74 Å². The second kappa shape index (κ2) is 8.19. The number of anilines is 1. The van der Waals surface area contributed by atoms with Gasteiger partial charge in [0.2, 0.25) is 0 Å². The van der Waals surface area contributed by atoms with Crippen LogP contribution in [-0.4, -0.2) is 22.5 Å². The van der Waals surface area contributed by atoms with Crippen LogP contribution in [-0.2, 0) is 9.53 Å². The molecule has 1 N–H and O–H groups in total. The molecule has 0 saturated heterocycles. The van der Waals surface area contributed by atoms with Gasteiger partial charge < -0.3 is 14.6 Å². The number of aromatic nitrogens is 1. The molecule has 1 saturated carbocycles. The van der Waals surface area contributed by atoms with E-state index >= 15 is 0 Å². The average molecular weight is 402 g/mol. The Hall–Kier alpha value is -3.34. The molecule has 1 amide bonds. The SMILES string of the molecule is Cc1cc(C(=O)O[C@@H](C)C(=O)Nc2ccccc2-c2ccccc2)c(C)n1C1CC1. The summed E-state index contributed by atoms with van der Waals surface area (Å²) in [6.45, 7) is 5.53. The maximum Gasteiger partial charge on any atom is 0.340 e. The summed E-state index contributed by atoms with van der Waals surface area (Å²) in [5.74, 6) is -0.822. The highest BCUT2D eigenvalue weighted by Gasteiger charge is 2.29. The third kappa shape index (κ3) is 4.01. The normalized spacial score (nSPS) is 14.2. The third-order valence-corrected chi connectivity index (χ3v) is 5.54. The number of hydrogen-bond donors (Lipinski definition) is 1. The van der Waals surface area contributed by atoms with Crippen LogP contribution in [0.2, 0.25) is 0 Å². The van der Waals surface area contributed by atoms with Crippen LogP contribution in [0.3, 0.4) is 0 Å². The van der Waals surface area contributed by atoms with Crippen LogP contribution in [0.4, 0.5) is 5.69 Å². The Morgan fingerprint density at radius 3 is 2.40 bits per heavy atom. The van der Waals surface area contributed by atoms with Crippen LogP contribution >= 0.6 is 0 Å². The number of amides is 1. The minimum absolute atomic E-state index is 0.359. The van der Waals surface area contributed by atoms with Crippen LogP contribution in [0.5, 0.6) is 0 Å². The van der Waals surface area contributed by atoms with E-state index in [9.17, 15) is 9.59 Å². The maximum atomic E-state index is 12.7. The molecule has 0 unspecified atom stereocenters. The molecule has 154 valence electrons. The number of aryl methyl sites for hydroxylation is 1. The van der Waals surface area contributed by atoms with E-state index in [1.54, 1.807) is 6.92 Å². The van der Waals surface area contributed by atoms with E-state index in [0.717, 1.165) is 35.4 Å². The van der Waals surface area contributed by atoms with Crippen molar-refractivity contribution in [1.82, 2.24) is 4.57 Å². The Balaban J connectivity index is 1.47. The predicted molar refractivity (Wildman–Crippen MR) is 118 cm³/mol. The summed E-state index contributed by atoms with van der Waals surface area (Å²) < 4.78 is 7.69. The predicted octanol–water partition coefficient (Wildman–Crippen LogP) is 5.29. The summed E-state index contributed by atoms with van der Waals surface area (Å²) >= 11 is 0. The molecule has 2 aromatic carbocycles. The van der Waals surface area contributed by atoms with Crippen LogP contribution in [0.1, 0.15) is 47.6 Å². The number of benzene rings is 2. The van der Waals surface area contributed by atoms with Crippen LogP contribution < -0.4 is 5.32 Å². The van der Waals surface area contributed by atoms with Crippen LogP contribution in [0, 0.1) is 13.8 Å². The van der Waals surface area contributed by atoms with E-state index in [2.05, 4.69) is 9.88 Å². The summed E-state index contributed by atoms with van der Waals surface area (Å²) in [6.07, 6.45) is 1.37. The number of ether oxygens (including phenoxy) is 1. The van der Waals surface area contributed by atoms with Crippen molar-refractivity contribution in [3.63, 3.8) is 0 Å². The lowest BCUT2D eigenvalue weighted by atomic mass is 10.0. The molecule has 1 heterocycles. The molecule has 1 atom stereocenters. The summed E-state index contributed by atoms with van der Waals surface area (Å²) in [6, 6.07) is 19.8. The van der Waals surface area contributed by atoms with Gasteiger partial charge in [-0.1, -0.05) is 48.5 Å². The van der Waals surface area contributed by atoms with Crippen molar-refractivity contribution in [2.45, 2.75) is 45.8 Å². The van der Waals surface area contributed by atoms with Crippen LogP contribution in [0.15, 0.2) is 60.7 Å². The first-order valence-corrected chi connectivity index (χ1v) is 10.3. The Labute approximate surface area is 176 Å². The van der Waals surface area contributed by atoms with E-state index < -0.39 is 12.1 Å². The molecule has 0 radical (unpaired) electrons. The number of carbonyl (C=O) groups excluding carboxylic acids is 2. The van der Waals surface area contributed by atoms with Gasteiger partial charge in [-0.05, 0) is 51.3 Å². The second-order valence-corrected chi connectivity index (χ2v) is 7.83. The fourth-order valence-electron chi connectivity index (χ4n) is 3.85. The van der Waals surface area contributed by atoms with E-state index in [1.165, 1.54) is 0 Å². The molecule has 1 fully saturated rings. The molecule has 4 rings (SSSR count). The van der Waals surface area contributed by atoms with Gasteiger partial charge in [0, 0.05) is 28.7 Å². The van der Waals surface area contributed by atoms with Gasteiger partial charge >= 0.3 is 5.97 Å². The molecule has 0 aliphatic heterocycles. The lowest BCUT2D eigenvalue weighted by molar-refractivity contribution is -0.123. The Morgan fingerprint density at radius 1 is 1.03 bits per heavy atom. The van der Waals surface area contributed by atoms with E-state index in [-0.39, 0.29) is 5.91 Å². The largest absolute Gasteiger partial charge is 0.449 e. The fourth-order valence-corrected chi connectivity index (χ4v) is 3.85. The smallest absolute Gasteiger partial charge is 0.340 e. The molecular formula is C25H26N2O3. The first-order valence-electron chi connectivity index (χ1n) is 10.3. The molecule has 1 aliphatic rings. The maximum absolute atomic E-state index is 12.7. The van der Waals surface area contributed by atoms with Gasteiger partial charge in [-0.3, -0.25) is 4.79 Å². The lowest BCUT2D eigenvalue weighted by Gasteiger charge is -2.16. The molecule has 0 bridgehead atoms. The molecule has 1 aliphatic carbocycles.